The maximum Gasteiger partial charge on any atom is 0.271 e. The standard InChI is InChI=1S/C21H22N4O4/c1-14(23-24-21(27)16-8-4-9-17(13-16)25(28)29)12-20(26)22-19-11-5-7-15-6-2-3-10-18(15)19/h4-5,7-9,11,13H,2-3,6,10,12H2,1H3,(H,22,26)(H,24,27)/b23-14+. The molecule has 0 unspecified atom stereocenters. The zero-order valence-corrected chi connectivity index (χ0v) is 16.1. The second-order valence-electron chi connectivity index (χ2n) is 6.97. The third kappa shape index (κ3) is 5.25. The molecule has 150 valence electrons. The maximum absolute atomic E-state index is 12.4. The normalized spacial score (nSPS) is 13.3. The van der Waals surface area contributed by atoms with Crippen LogP contribution in [0.15, 0.2) is 47.6 Å². The van der Waals surface area contributed by atoms with Crippen molar-refractivity contribution in [3.63, 3.8) is 0 Å². The third-order valence-electron chi connectivity index (χ3n) is 4.75. The molecule has 0 aromatic heterocycles. The van der Waals surface area contributed by atoms with Crippen LogP contribution in [0.1, 0.15) is 47.7 Å². The van der Waals surface area contributed by atoms with Gasteiger partial charge < -0.3 is 5.32 Å². The van der Waals surface area contributed by atoms with Gasteiger partial charge in [-0.15, -0.1) is 0 Å². The summed E-state index contributed by atoms with van der Waals surface area (Å²) < 4.78 is 0. The van der Waals surface area contributed by atoms with Gasteiger partial charge in [-0.05, 0) is 55.9 Å². The molecule has 0 saturated heterocycles. The van der Waals surface area contributed by atoms with Gasteiger partial charge in [0.25, 0.3) is 11.6 Å². The van der Waals surface area contributed by atoms with Gasteiger partial charge in [-0.1, -0.05) is 18.2 Å². The Morgan fingerprint density at radius 2 is 1.90 bits per heavy atom. The lowest BCUT2D eigenvalue weighted by molar-refractivity contribution is -0.384. The van der Waals surface area contributed by atoms with Crippen molar-refractivity contribution < 1.29 is 14.5 Å². The Kier molecular flexibility index (Phi) is 6.33. The number of hydrazone groups is 1. The van der Waals surface area contributed by atoms with Crippen LogP contribution in [0.25, 0.3) is 0 Å². The fourth-order valence-corrected chi connectivity index (χ4v) is 3.34. The molecule has 29 heavy (non-hydrogen) atoms. The van der Waals surface area contributed by atoms with Crippen molar-refractivity contribution in [2.24, 2.45) is 5.10 Å². The summed E-state index contributed by atoms with van der Waals surface area (Å²) in [5.74, 6) is -0.791. The summed E-state index contributed by atoms with van der Waals surface area (Å²) in [6.07, 6.45) is 4.30. The van der Waals surface area contributed by atoms with Crippen molar-refractivity contribution in [1.29, 1.82) is 0 Å². The average molecular weight is 394 g/mol. The van der Waals surface area contributed by atoms with Gasteiger partial charge in [-0.25, -0.2) is 5.43 Å². The van der Waals surface area contributed by atoms with Crippen molar-refractivity contribution in [1.82, 2.24) is 5.43 Å². The minimum absolute atomic E-state index is 0.0267. The summed E-state index contributed by atoms with van der Waals surface area (Å²) in [7, 11) is 0. The number of nitrogens with one attached hydrogen (secondary N) is 2. The Labute approximate surface area is 168 Å². The van der Waals surface area contributed by atoms with Crippen molar-refractivity contribution >= 4 is 28.9 Å². The van der Waals surface area contributed by atoms with Crippen LogP contribution >= 0.6 is 0 Å². The van der Waals surface area contributed by atoms with Gasteiger partial charge in [0.05, 0.1) is 11.3 Å². The maximum atomic E-state index is 12.4. The predicted octanol–water partition coefficient (Wildman–Crippen LogP) is 3.61. The van der Waals surface area contributed by atoms with Crippen LogP contribution in [0.3, 0.4) is 0 Å². The van der Waals surface area contributed by atoms with Gasteiger partial charge in [-0.2, -0.15) is 5.10 Å². The van der Waals surface area contributed by atoms with E-state index in [1.54, 1.807) is 6.92 Å². The fourth-order valence-electron chi connectivity index (χ4n) is 3.34. The Bertz CT molecular complexity index is 984. The summed E-state index contributed by atoms with van der Waals surface area (Å²) in [6, 6.07) is 11.3. The highest BCUT2D eigenvalue weighted by Gasteiger charge is 2.15. The van der Waals surface area contributed by atoms with E-state index >= 15 is 0 Å². The monoisotopic (exact) mass is 394 g/mol. The first-order chi connectivity index (χ1) is 13.9. The number of benzene rings is 2. The summed E-state index contributed by atoms with van der Waals surface area (Å²) in [4.78, 5) is 34.7. The number of fused-ring (bicyclic) bond motifs is 1. The number of nitro benzene ring substituents is 1. The first-order valence-electron chi connectivity index (χ1n) is 9.42. The molecule has 2 amide bonds. The topological polar surface area (TPSA) is 114 Å². The number of anilines is 1. The molecule has 0 aliphatic heterocycles. The molecule has 1 aliphatic rings. The van der Waals surface area contributed by atoms with Crippen LogP contribution in [0.5, 0.6) is 0 Å². The quantitative estimate of drug-likeness (QED) is 0.442. The van der Waals surface area contributed by atoms with Crippen LogP contribution < -0.4 is 10.7 Å². The molecule has 0 saturated carbocycles. The zero-order valence-electron chi connectivity index (χ0n) is 16.1. The molecular weight excluding hydrogens is 372 g/mol. The lowest BCUT2D eigenvalue weighted by atomic mass is 9.90. The number of rotatable bonds is 6. The van der Waals surface area contributed by atoms with E-state index in [-0.39, 0.29) is 23.6 Å². The Morgan fingerprint density at radius 1 is 1.14 bits per heavy atom. The molecule has 0 spiro atoms. The van der Waals surface area contributed by atoms with Crippen LogP contribution in [-0.4, -0.2) is 22.4 Å². The lowest BCUT2D eigenvalue weighted by Crippen LogP contribution is -2.22. The van der Waals surface area contributed by atoms with Gasteiger partial charge in [-0.3, -0.25) is 19.7 Å². The largest absolute Gasteiger partial charge is 0.325 e. The van der Waals surface area contributed by atoms with E-state index < -0.39 is 10.8 Å². The van der Waals surface area contributed by atoms with E-state index in [0.29, 0.717) is 5.71 Å². The Hall–Kier alpha value is -3.55. The first-order valence-corrected chi connectivity index (χ1v) is 9.42. The number of nitro groups is 1. The third-order valence-corrected chi connectivity index (χ3v) is 4.75. The number of hydrogen-bond donors (Lipinski definition) is 2. The molecule has 0 heterocycles. The molecule has 0 atom stereocenters. The Morgan fingerprint density at radius 3 is 2.69 bits per heavy atom. The highest BCUT2D eigenvalue weighted by Crippen LogP contribution is 2.27. The highest BCUT2D eigenvalue weighted by molar-refractivity contribution is 6.06. The molecule has 0 fully saturated rings. The molecule has 2 aromatic rings. The summed E-state index contributed by atoms with van der Waals surface area (Å²) in [6.45, 7) is 1.63. The average Bonchev–Trinajstić information content (AvgIpc) is 2.72. The summed E-state index contributed by atoms with van der Waals surface area (Å²) in [5, 5.41) is 17.7. The number of carbonyl (C=O) groups is 2. The molecule has 8 heteroatoms. The number of carbonyl (C=O) groups excluding carboxylic acids is 2. The van der Waals surface area contributed by atoms with Crippen LogP contribution in [-0.2, 0) is 17.6 Å². The smallest absolute Gasteiger partial charge is 0.271 e. The fraction of sp³-hybridized carbons (Fsp3) is 0.286. The minimum Gasteiger partial charge on any atom is -0.325 e. The van der Waals surface area contributed by atoms with Gasteiger partial charge >= 0.3 is 0 Å². The van der Waals surface area contributed by atoms with E-state index in [4.69, 9.17) is 0 Å². The number of amides is 2. The summed E-state index contributed by atoms with van der Waals surface area (Å²) in [5.41, 5.74) is 6.01. The van der Waals surface area contributed by atoms with E-state index in [9.17, 15) is 19.7 Å². The van der Waals surface area contributed by atoms with E-state index in [1.807, 2.05) is 12.1 Å². The molecule has 2 aromatic carbocycles. The van der Waals surface area contributed by atoms with Gasteiger partial charge in [0.15, 0.2) is 0 Å². The minimum atomic E-state index is -0.578. The lowest BCUT2D eigenvalue weighted by Gasteiger charge is -2.19. The first kappa shape index (κ1) is 20.2. The van der Waals surface area contributed by atoms with E-state index in [2.05, 4.69) is 21.9 Å². The van der Waals surface area contributed by atoms with Crippen molar-refractivity contribution in [3.05, 3.63) is 69.3 Å². The van der Waals surface area contributed by atoms with Crippen LogP contribution in [0.2, 0.25) is 0 Å². The molecular formula is C21H22N4O4. The van der Waals surface area contributed by atoms with Crippen molar-refractivity contribution in [2.45, 2.75) is 39.0 Å². The summed E-state index contributed by atoms with van der Waals surface area (Å²) >= 11 is 0. The van der Waals surface area contributed by atoms with Gasteiger partial charge in [0.2, 0.25) is 5.91 Å². The van der Waals surface area contributed by atoms with E-state index in [0.717, 1.165) is 24.9 Å². The number of hydrogen-bond acceptors (Lipinski definition) is 5. The molecule has 0 bridgehead atoms. The van der Waals surface area contributed by atoms with Gasteiger partial charge in [0, 0.05) is 29.1 Å². The molecule has 8 nitrogen and oxygen atoms in total. The van der Waals surface area contributed by atoms with Crippen molar-refractivity contribution in [2.75, 3.05) is 5.32 Å². The van der Waals surface area contributed by atoms with Crippen LogP contribution in [0, 0.1) is 10.1 Å². The predicted molar refractivity (Wildman–Crippen MR) is 110 cm³/mol. The number of nitrogens with zero attached hydrogens (tertiary/aromatic N) is 2. The molecule has 1 aliphatic carbocycles. The molecule has 2 N–H and O–H groups in total. The number of aryl methyl sites for hydroxylation is 1. The Balaban J connectivity index is 1.58. The van der Waals surface area contributed by atoms with Gasteiger partial charge in [0.1, 0.15) is 0 Å². The van der Waals surface area contributed by atoms with Crippen molar-refractivity contribution in [3.8, 4) is 0 Å². The highest BCUT2D eigenvalue weighted by atomic mass is 16.6. The molecule has 3 rings (SSSR count). The SMILES string of the molecule is C/C(CC(=O)Nc1cccc2c1CCCC2)=N\NC(=O)c1cccc([N+](=O)[O-])c1. The second kappa shape index (κ2) is 9.09. The zero-order chi connectivity index (χ0) is 20.8. The number of non-ortho nitro benzene ring substituents is 1. The second-order valence-corrected chi connectivity index (χ2v) is 6.97. The van der Waals surface area contributed by atoms with Crippen LogP contribution in [0.4, 0.5) is 11.4 Å². The molecule has 0 radical (unpaired) electrons. The van der Waals surface area contributed by atoms with E-state index in [1.165, 1.54) is 41.8 Å².